The third-order valence-corrected chi connectivity index (χ3v) is 1.41. The summed E-state index contributed by atoms with van der Waals surface area (Å²) >= 11 is 0. The number of carbonyl (C=O) groups excluding carboxylic acids is 1. The van der Waals surface area contributed by atoms with Crippen LogP contribution in [0.15, 0.2) is 12.3 Å². The molecule has 3 heteroatoms. The van der Waals surface area contributed by atoms with Crippen molar-refractivity contribution in [3.05, 3.63) is 23.5 Å². The van der Waals surface area contributed by atoms with E-state index in [0.717, 1.165) is 17.5 Å². The normalized spacial score (nSPS) is 10.7. The van der Waals surface area contributed by atoms with Crippen LogP contribution < -0.4 is 0 Å². The van der Waals surface area contributed by atoms with Crippen LogP contribution in [0.2, 0.25) is 0 Å². The number of hydrogen-bond donors (Lipinski definition) is 0. The highest BCUT2D eigenvalue weighted by molar-refractivity contribution is 5.74. The minimum Gasteiger partial charge on any atom is -0.299 e. The summed E-state index contributed by atoms with van der Waals surface area (Å²) in [6.07, 6.45) is 5.83. The Hall–Kier alpha value is -1.38. The average molecular weight is 150 g/mol. The monoisotopic (exact) mass is 150 g/mol. The van der Waals surface area contributed by atoms with E-state index < -0.39 is 0 Å². The molecule has 0 aliphatic carbocycles. The van der Waals surface area contributed by atoms with Gasteiger partial charge in [-0.05, 0) is 19.1 Å². The lowest BCUT2D eigenvalue weighted by molar-refractivity contribution is -0.104. The third-order valence-electron chi connectivity index (χ3n) is 1.41. The topological polar surface area (TPSA) is 34.9 Å². The molecule has 1 rings (SSSR count). The van der Waals surface area contributed by atoms with Gasteiger partial charge in [-0.25, -0.2) is 0 Å². The molecular formula is C8H10N2O. The second-order valence-electron chi connectivity index (χ2n) is 2.34. The molecular weight excluding hydrogens is 140 g/mol. The molecule has 0 unspecified atom stereocenters. The number of aryl methyl sites for hydroxylation is 2. The molecule has 0 radical (unpaired) electrons. The molecule has 1 aromatic rings. The van der Waals surface area contributed by atoms with Crippen LogP contribution in [0, 0.1) is 6.92 Å². The van der Waals surface area contributed by atoms with Crippen LogP contribution in [-0.2, 0) is 11.8 Å². The maximum atomic E-state index is 9.98. The number of rotatable bonds is 2. The summed E-state index contributed by atoms with van der Waals surface area (Å²) in [5, 5.41) is 4.11. The Morgan fingerprint density at radius 2 is 2.36 bits per heavy atom. The lowest BCUT2D eigenvalue weighted by Crippen LogP contribution is -1.86. The number of aromatic nitrogens is 2. The van der Waals surface area contributed by atoms with E-state index in [1.165, 1.54) is 6.08 Å². The van der Waals surface area contributed by atoms with E-state index >= 15 is 0 Å². The second kappa shape index (κ2) is 3.14. The van der Waals surface area contributed by atoms with Gasteiger partial charge >= 0.3 is 0 Å². The number of nitrogens with zero attached hydrogens (tertiary/aromatic N) is 2. The van der Waals surface area contributed by atoms with E-state index in [1.807, 2.05) is 20.2 Å². The molecule has 0 fully saturated rings. The van der Waals surface area contributed by atoms with Gasteiger partial charge in [-0.15, -0.1) is 0 Å². The summed E-state index contributed by atoms with van der Waals surface area (Å²) in [6.45, 7) is 1.91. The molecule has 0 spiro atoms. The Morgan fingerprint density at radius 1 is 1.64 bits per heavy atom. The van der Waals surface area contributed by atoms with Crippen molar-refractivity contribution < 1.29 is 4.79 Å². The van der Waals surface area contributed by atoms with Crippen LogP contribution in [-0.4, -0.2) is 16.1 Å². The maximum Gasteiger partial charge on any atom is 0.142 e. The van der Waals surface area contributed by atoms with Crippen molar-refractivity contribution in [3.63, 3.8) is 0 Å². The molecule has 0 aliphatic rings. The van der Waals surface area contributed by atoms with Gasteiger partial charge in [0.1, 0.15) is 6.29 Å². The van der Waals surface area contributed by atoms with Gasteiger partial charge in [0.2, 0.25) is 0 Å². The molecule has 0 atom stereocenters. The van der Waals surface area contributed by atoms with Gasteiger partial charge in [-0.2, -0.15) is 5.10 Å². The molecule has 0 aromatic carbocycles. The molecule has 0 saturated heterocycles. The first-order chi connectivity index (χ1) is 5.24. The van der Waals surface area contributed by atoms with E-state index in [0.29, 0.717) is 0 Å². The van der Waals surface area contributed by atoms with Gasteiger partial charge in [0, 0.05) is 18.8 Å². The fourth-order valence-electron chi connectivity index (χ4n) is 0.924. The first-order valence-electron chi connectivity index (χ1n) is 3.36. The predicted octanol–water partition coefficient (Wildman–Crippen LogP) is 0.941. The van der Waals surface area contributed by atoms with Gasteiger partial charge in [0.15, 0.2) is 0 Å². The summed E-state index contributed by atoms with van der Waals surface area (Å²) in [7, 11) is 1.85. The minimum atomic E-state index is 0.756. The Balaban J connectivity index is 2.93. The maximum absolute atomic E-state index is 9.98. The van der Waals surface area contributed by atoms with Gasteiger partial charge in [0.25, 0.3) is 0 Å². The Labute approximate surface area is 65.3 Å². The zero-order chi connectivity index (χ0) is 8.27. The average Bonchev–Trinajstić information content (AvgIpc) is 2.26. The van der Waals surface area contributed by atoms with Crippen LogP contribution in [0.25, 0.3) is 6.08 Å². The molecule has 11 heavy (non-hydrogen) atoms. The van der Waals surface area contributed by atoms with Crippen LogP contribution in [0.1, 0.15) is 11.3 Å². The van der Waals surface area contributed by atoms with Crippen LogP contribution >= 0.6 is 0 Å². The van der Waals surface area contributed by atoms with E-state index in [4.69, 9.17) is 0 Å². The fraction of sp³-hybridized carbons (Fsp3) is 0.250. The molecule has 0 N–H and O–H groups in total. The van der Waals surface area contributed by atoms with E-state index in [1.54, 1.807) is 10.8 Å². The van der Waals surface area contributed by atoms with Crippen molar-refractivity contribution in [2.45, 2.75) is 6.92 Å². The first-order valence-corrected chi connectivity index (χ1v) is 3.36. The Morgan fingerprint density at radius 3 is 2.82 bits per heavy atom. The summed E-state index contributed by atoms with van der Waals surface area (Å²) in [6, 6.07) is 0. The summed E-state index contributed by atoms with van der Waals surface area (Å²) in [5.41, 5.74) is 1.92. The van der Waals surface area contributed by atoms with Crippen molar-refractivity contribution in [2.24, 2.45) is 7.05 Å². The van der Waals surface area contributed by atoms with Crippen molar-refractivity contribution in [3.8, 4) is 0 Å². The molecule has 1 heterocycles. The van der Waals surface area contributed by atoms with Crippen LogP contribution in [0.4, 0.5) is 0 Å². The lowest BCUT2D eigenvalue weighted by atomic mass is 10.2. The van der Waals surface area contributed by atoms with Crippen molar-refractivity contribution in [1.29, 1.82) is 0 Å². The Bertz CT molecular complexity index is 286. The van der Waals surface area contributed by atoms with E-state index in [-0.39, 0.29) is 0 Å². The van der Waals surface area contributed by atoms with Crippen LogP contribution in [0.5, 0.6) is 0 Å². The highest BCUT2D eigenvalue weighted by atomic mass is 16.1. The molecule has 0 aliphatic heterocycles. The highest BCUT2D eigenvalue weighted by Gasteiger charge is 1.96. The predicted molar refractivity (Wildman–Crippen MR) is 43.0 cm³/mol. The largest absolute Gasteiger partial charge is 0.299 e. The molecule has 0 amide bonds. The fourth-order valence-corrected chi connectivity index (χ4v) is 0.924. The summed E-state index contributed by atoms with van der Waals surface area (Å²) in [4.78, 5) is 9.98. The zero-order valence-corrected chi connectivity index (χ0v) is 6.61. The number of allylic oxidation sites excluding steroid dienone is 1. The minimum absolute atomic E-state index is 0.756. The smallest absolute Gasteiger partial charge is 0.142 e. The number of aldehydes is 1. The standard InChI is InChI=1S/C8H10N2O/c1-7-8(4-3-5-11)6-10(2)9-7/h3-6H,1-2H3. The van der Waals surface area contributed by atoms with E-state index in [2.05, 4.69) is 5.10 Å². The van der Waals surface area contributed by atoms with Crippen molar-refractivity contribution >= 4 is 12.4 Å². The number of carbonyl (C=O) groups is 1. The first kappa shape index (κ1) is 7.72. The van der Waals surface area contributed by atoms with E-state index in [9.17, 15) is 4.79 Å². The van der Waals surface area contributed by atoms with Crippen molar-refractivity contribution in [2.75, 3.05) is 0 Å². The zero-order valence-electron chi connectivity index (χ0n) is 6.61. The second-order valence-corrected chi connectivity index (χ2v) is 2.34. The van der Waals surface area contributed by atoms with Gasteiger partial charge in [-0.1, -0.05) is 0 Å². The molecule has 3 nitrogen and oxygen atoms in total. The SMILES string of the molecule is Cc1nn(C)cc1C=CC=O. The quantitative estimate of drug-likeness (QED) is 0.464. The summed E-state index contributed by atoms with van der Waals surface area (Å²) < 4.78 is 1.72. The van der Waals surface area contributed by atoms with Gasteiger partial charge in [-0.3, -0.25) is 9.48 Å². The highest BCUT2D eigenvalue weighted by Crippen LogP contribution is 2.05. The van der Waals surface area contributed by atoms with Gasteiger partial charge < -0.3 is 0 Å². The van der Waals surface area contributed by atoms with Crippen molar-refractivity contribution in [1.82, 2.24) is 9.78 Å². The molecule has 1 aromatic heterocycles. The summed E-state index contributed by atoms with van der Waals surface area (Å²) in [5.74, 6) is 0. The van der Waals surface area contributed by atoms with Crippen LogP contribution in [0.3, 0.4) is 0 Å². The Kier molecular flexibility index (Phi) is 2.21. The molecule has 0 bridgehead atoms. The third kappa shape index (κ3) is 1.77. The molecule has 0 saturated carbocycles. The number of hydrogen-bond acceptors (Lipinski definition) is 2. The van der Waals surface area contributed by atoms with Gasteiger partial charge in [0.05, 0.1) is 5.69 Å². The lowest BCUT2D eigenvalue weighted by Gasteiger charge is -1.81. The molecule has 58 valence electrons.